The molecule has 0 unspecified atom stereocenters. The highest BCUT2D eigenvalue weighted by Gasteiger charge is 2.20. The summed E-state index contributed by atoms with van der Waals surface area (Å²) in [7, 11) is 0. The van der Waals surface area contributed by atoms with Crippen LogP contribution < -0.4 is 10.9 Å². The number of thiazole rings is 1. The molecule has 0 aliphatic carbocycles. The number of aromatic nitrogens is 4. The molecule has 36 heavy (non-hydrogen) atoms. The van der Waals surface area contributed by atoms with E-state index in [4.69, 9.17) is 16.7 Å². The maximum atomic E-state index is 13.7. The number of carbonyl (C=O) groups is 1. The number of nitrogens with zero attached hydrogens (tertiary/aromatic N) is 4. The zero-order chi connectivity index (χ0) is 25.2. The minimum atomic E-state index is -0.235. The SMILES string of the molecule is Cc1nc2scc(CC(=O)NCCc3ccccc3)n2c(=O)c1-c1cc(C)n(-c2cccc(Cl)c2)n1. The lowest BCUT2D eigenvalue weighted by Crippen LogP contribution is -2.29. The van der Waals surface area contributed by atoms with Crippen LogP contribution in [0.3, 0.4) is 0 Å². The Labute approximate surface area is 217 Å². The van der Waals surface area contributed by atoms with E-state index >= 15 is 0 Å². The maximum absolute atomic E-state index is 13.7. The third kappa shape index (κ3) is 4.82. The number of hydrogen-bond donors (Lipinski definition) is 1. The number of aryl methyl sites for hydroxylation is 2. The van der Waals surface area contributed by atoms with E-state index in [1.807, 2.05) is 66.9 Å². The van der Waals surface area contributed by atoms with Gasteiger partial charge in [0.05, 0.1) is 23.4 Å². The number of amides is 1. The second-order valence-electron chi connectivity index (χ2n) is 8.55. The minimum Gasteiger partial charge on any atom is -0.355 e. The Morgan fingerprint density at radius 2 is 1.89 bits per heavy atom. The van der Waals surface area contributed by atoms with Gasteiger partial charge in [-0.3, -0.25) is 14.0 Å². The topological polar surface area (TPSA) is 81.3 Å². The number of carbonyl (C=O) groups excluding carboxylic acids is 1. The Hall–Kier alpha value is -3.75. The molecule has 0 spiro atoms. The largest absolute Gasteiger partial charge is 0.355 e. The van der Waals surface area contributed by atoms with Gasteiger partial charge in [0.2, 0.25) is 5.91 Å². The Kier molecular flexibility index (Phi) is 6.71. The average molecular weight is 518 g/mol. The second-order valence-corrected chi connectivity index (χ2v) is 9.82. The summed E-state index contributed by atoms with van der Waals surface area (Å²) in [6.07, 6.45) is 0.839. The summed E-state index contributed by atoms with van der Waals surface area (Å²) in [6, 6.07) is 19.2. The van der Waals surface area contributed by atoms with Crippen LogP contribution in [0.15, 0.2) is 70.8 Å². The Morgan fingerprint density at radius 1 is 1.08 bits per heavy atom. The number of benzene rings is 2. The number of nitrogens with one attached hydrogen (secondary N) is 1. The molecule has 0 saturated heterocycles. The van der Waals surface area contributed by atoms with Crippen molar-refractivity contribution in [3.8, 4) is 16.9 Å². The third-order valence-corrected chi connectivity index (χ3v) is 7.05. The molecule has 9 heteroatoms. The predicted octanol–water partition coefficient (Wildman–Crippen LogP) is 4.78. The van der Waals surface area contributed by atoms with Crippen molar-refractivity contribution in [2.75, 3.05) is 6.54 Å². The van der Waals surface area contributed by atoms with Gasteiger partial charge in [-0.25, -0.2) is 9.67 Å². The number of hydrogen-bond acceptors (Lipinski definition) is 5. The molecule has 0 bridgehead atoms. The number of rotatable bonds is 7. The molecule has 7 nitrogen and oxygen atoms in total. The van der Waals surface area contributed by atoms with Crippen molar-refractivity contribution < 1.29 is 4.79 Å². The molecule has 0 atom stereocenters. The van der Waals surface area contributed by atoms with Crippen molar-refractivity contribution in [1.29, 1.82) is 0 Å². The van der Waals surface area contributed by atoms with Crippen molar-refractivity contribution in [1.82, 2.24) is 24.5 Å². The monoisotopic (exact) mass is 517 g/mol. The molecule has 182 valence electrons. The summed E-state index contributed by atoms with van der Waals surface area (Å²) in [5.74, 6) is -0.138. The van der Waals surface area contributed by atoms with Crippen molar-refractivity contribution in [3.63, 3.8) is 0 Å². The fraction of sp³-hybridized carbons (Fsp3) is 0.185. The van der Waals surface area contributed by atoms with Gasteiger partial charge in [-0.05, 0) is 50.1 Å². The molecule has 0 fully saturated rings. The van der Waals surface area contributed by atoms with E-state index in [2.05, 4.69) is 10.3 Å². The second kappa shape index (κ2) is 10.1. The maximum Gasteiger partial charge on any atom is 0.268 e. The van der Waals surface area contributed by atoms with Crippen LogP contribution in [0, 0.1) is 13.8 Å². The molecule has 3 heterocycles. The molecule has 5 aromatic rings. The lowest BCUT2D eigenvalue weighted by molar-refractivity contribution is -0.120. The molecule has 1 amide bonds. The van der Waals surface area contributed by atoms with E-state index in [0.717, 1.165) is 23.4 Å². The van der Waals surface area contributed by atoms with Crippen LogP contribution >= 0.6 is 22.9 Å². The van der Waals surface area contributed by atoms with Crippen molar-refractivity contribution in [2.24, 2.45) is 0 Å². The quantitative estimate of drug-likeness (QED) is 0.337. The lowest BCUT2D eigenvalue weighted by atomic mass is 10.1. The Balaban J connectivity index is 1.42. The molecule has 0 aliphatic heterocycles. The molecule has 5 rings (SSSR count). The van der Waals surface area contributed by atoms with Gasteiger partial charge in [0.25, 0.3) is 5.56 Å². The summed E-state index contributed by atoms with van der Waals surface area (Å²) >= 11 is 7.51. The molecule has 0 aliphatic rings. The molecule has 0 saturated carbocycles. The number of halogens is 1. The van der Waals surface area contributed by atoms with Crippen molar-refractivity contribution >= 4 is 33.8 Å². The van der Waals surface area contributed by atoms with Gasteiger partial charge >= 0.3 is 0 Å². The van der Waals surface area contributed by atoms with Crippen LogP contribution in [0.25, 0.3) is 21.9 Å². The van der Waals surface area contributed by atoms with E-state index in [9.17, 15) is 9.59 Å². The van der Waals surface area contributed by atoms with Crippen LogP contribution in [-0.2, 0) is 17.6 Å². The number of fused-ring (bicyclic) bond motifs is 1. The molecular weight excluding hydrogens is 494 g/mol. The van der Waals surface area contributed by atoms with Gasteiger partial charge in [-0.2, -0.15) is 5.10 Å². The van der Waals surface area contributed by atoms with Crippen molar-refractivity contribution in [2.45, 2.75) is 26.7 Å². The molecule has 0 radical (unpaired) electrons. The van der Waals surface area contributed by atoms with Crippen LogP contribution in [0.2, 0.25) is 5.02 Å². The molecule has 1 N–H and O–H groups in total. The van der Waals surface area contributed by atoms with E-state index in [1.165, 1.54) is 15.7 Å². The Bertz CT molecular complexity index is 1620. The van der Waals surface area contributed by atoms with Gasteiger partial charge < -0.3 is 5.32 Å². The van der Waals surface area contributed by atoms with Crippen molar-refractivity contribution in [3.05, 3.63) is 104 Å². The molecular formula is C27H24ClN5O2S. The first-order valence-corrected chi connectivity index (χ1v) is 12.8. The first-order valence-electron chi connectivity index (χ1n) is 11.5. The smallest absolute Gasteiger partial charge is 0.268 e. The van der Waals surface area contributed by atoms with Crippen LogP contribution in [0.4, 0.5) is 0 Å². The molecule has 3 aromatic heterocycles. The summed E-state index contributed by atoms with van der Waals surface area (Å²) < 4.78 is 3.28. The Morgan fingerprint density at radius 3 is 2.67 bits per heavy atom. The molecule has 2 aromatic carbocycles. The third-order valence-electron chi connectivity index (χ3n) is 5.94. The zero-order valence-corrected chi connectivity index (χ0v) is 21.4. The van der Waals surface area contributed by atoms with Gasteiger partial charge in [-0.1, -0.05) is 48.0 Å². The standard InChI is InChI=1S/C27H24ClN5O2S/c1-17-13-23(31-33(17)21-10-6-9-20(28)14-21)25-18(2)30-27-32(26(25)35)22(16-36-27)15-24(34)29-12-11-19-7-4-3-5-8-19/h3-10,13-14,16H,11-12,15H2,1-2H3,(H,29,34). The summed E-state index contributed by atoms with van der Waals surface area (Å²) in [4.78, 5) is 31.5. The summed E-state index contributed by atoms with van der Waals surface area (Å²) in [6.45, 7) is 4.26. The fourth-order valence-corrected chi connectivity index (χ4v) is 5.32. The average Bonchev–Trinajstić information content (AvgIpc) is 3.43. The van der Waals surface area contributed by atoms with Crippen LogP contribution in [0.1, 0.15) is 22.6 Å². The minimum absolute atomic E-state index is 0.0921. The zero-order valence-electron chi connectivity index (χ0n) is 19.9. The highest BCUT2D eigenvalue weighted by atomic mass is 35.5. The van der Waals surface area contributed by atoms with Gasteiger partial charge in [0, 0.05) is 28.3 Å². The first-order chi connectivity index (χ1) is 17.4. The van der Waals surface area contributed by atoms with E-state index < -0.39 is 0 Å². The normalized spacial score (nSPS) is 11.2. The highest BCUT2D eigenvalue weighted by molar-refractivity contribution is 7.15. The van der Waals surface area contributed by atoms with E-state index in [0.29, 0.717) is 39.2 Å². The van der Waals surface area contributed by atoms with E-state index in [-0.39, 0.29) is 17.9 Å². The first kappa shape index (κ1) is 24.0. The fourth-order valence-electron chi connectivity index (χ4n) is 4.21. The van der Waals surface area contributed by atoms with Gasteiger partial charge in [-0.15, -0.1) is 11.3 Å². The lowest BCUT2D eigenvalue weighted by Gasteiger charge is -2.07. The van der Waals surface area contributed by atoms with Crippen LogP contribution in [-0.4, -0.2) is 31.6 Å². The highest BCUT2D eigenvalue weighted by Crippen LogP contribution is 2.24. The van der Waals surface area contributed by atoms with Gasteiger partial charge in [0.15, 0.2) is 4.96 Å². The predicted molar refractivity (Wildman–Crippen MR) is 143 cm³/mol. The van der Waals surface area contributed by atoms with E-state index in [1.54, 1.807) is 17.7 Å². The summed E-state index contributed by atoms with van der Waals surface area (Å²) in [5, 5.41) is 10.1. The summed E-state index contributed by atoms with van der Waals surface area (Å²) in [5.41, 5.74) is 4.74. The van der Waals surface area contributed by atoms with Gasteiger partial charge in [0.1, 0.15) is 5.69 Å². The van der Waals surface area contributed by atoms with Crippen LogP contribution in [0.5, 0.6) is 0 Å².